The van der Waals surface area contributed by atoms with Gasteiger partial charge in [-0.1, -0.05) is 6.58 Å². The van der Waals surface area contributed by atoms with E-state index >= 15 is 0 Å². The lowest BCUT2D eigenvalue weighted by molar-refractivity contribution is -0.129. The fourth-order valence-electron chi connectivity index (χ4n) is 5.44. The van der Waals surface area contributed by atoms with E-state index < -0.39 is 0 Å². The highest BCUT2D eigenvalue weighted by atomic mass is 16.5. The molecule has 3 fully saturated rings. The number of rotatable bonds is 10. The maximum Gasteiger partial charge on any atom is 0.247 e. The van der Waals surface area contributed by atoms with Gasteiger partial charge in [0.15, 0.2) is 5.82 Å². The number of hydrogen-bond donors (Lipinski definition) is 2. The van der Waals surface area contributed by atoms with Gasteiger partial charge in [0.25, 0.3) is 0 Å². The number of aromatic nitrogens is 4. The topological polar surface area (TPSA) is 121 Å². The Hall–Kier alpha value is -4.45. The van der Waals surface area contributed by atoms with Crippen molar-refractivity contribution in [3.63, 3.8) is 0 Å². The van der Waals surface area contributed by atoms with Crippen molar-refractivity contribution in [2.75, 3.05) is 61.9 Å². The summed E-state index contributed by atoms with van der Waals surface area (Å²) in [6.45, 7) is 10.8. The third-order valence-electron chi connectivity index (χ3n) is 8.08. The van der Waals surface area contributed by atoms with Gasteiger partial charge in [0.05, 0.1) is 29.9 Å². The van der Waals surface area contributed by atoms with E-state index in [0.29, 0.717) is 61.0 Å². The van der Waals surface area contributed by atoms with Crippen LogP contribution >= 0.6 is 0 Å². The summed E-state index contributed by atoms with van der Waals surface area (Å²) in [5.74, 6) is 1.88. The zero-order valence-corrected chi connectivity index (χ0v) is 24.2. The summed E-state index contributed by atoms with van der Waals surface area (Å²) >= 11 is 0. The molecule has 42 heavy (non-hydrogen) atoms. The van der Waals surface area contributed by atoms with E-state index in [1.807, 2.05) is 27.8 Å². The molecule has 1 saturated carbocycles. The molecule has 6 rings (SSSR count). The Balaban J connectivity index is 1.27. The molecule has 1 aliphatic carbocycles. The highest BCUT2D eigenvalue weighted by molar-refractivity contribution is 6.02. The molecule has 12 heteroatoms. The predicted octanol–water partition coefficient (Wildman–Crippen LogP) is 3.29. The van der Waals surface area contributed by atoms with Gasteiger partial charge in [-0.2, -0.15) is 10.1 Å². The molecule has 3 aliphatic rings. The molecule has 0 spiro atoms. The van der Waals surface area contributed by atoms with Gasteiger partial charge in [-0.3, -0.25) is 14.5 Å². The first-order valence-electron chi connectivity index (χ1n) is 14.5. The van der Waals surface area contributed by atoms with Crippen molar-refractivity contribution in [3.8, 4) is 11.6 Å². The summed E-state index contributed by atoms with van der Waals surface area (Å²) in [7, 11) is 1.60. The highest BCUT2D eigenvalue weighted by Gasteiger charge is 2.31. The van der Waals surface area contributed by atoms with E-state index in [1.54, 1.807) is 20.2 Å². The minimum absolute atomic E-state index is 0.0560. The number of amides is 2. The quantitative estimate of drug-likeness (QED) is 0.353. The molecule has 2 saturated heterocycles. The van der Waals surface area contributed by atoms with E-state index in [4.69, 9.17) is 14.8 Å². The fourth-order valence-corrected chi connectivity index (χ4v) is 5.44. The zero-order chi connectivity index (χ0) is 29.2. The van der Waals surface area contributed by atoms with E-state index in [2.05, 4.69) is 38.2 Å². The van der Waals surface area contributed by atoms with Gasteiger partial charge in [0.2, 0.25) is 17.8 Å². The number of anilines is 4. The molecule has 2 N–H and O–H groups in total. The first-order valence-corrected chi connectivity index (χ1v) is 14.5. The maximum atomic E-state index is 12.4. The Labute approximate surface area is 245 Å². The van der Waals surface area contributed by atoms with Crippen LogP contribution in [0.4, 0.5) is 23.0 Å². The molecule has 4 heterocycles. The largest absolute Gasteiger partial charge is 0.494 e. The van der Waals surface area contributed by atoms with Crippen molar-refractivity contribution in [3.05, 3.63) is 54.5 Å². The van der Waals surface area contributed by atoms with Crippen molar-refractivity contribution in [2.45, 2.75) is 38.6 Å². The molecule has 12 nitrogen and oxygen atoms in total. The van der Waals surface area contributed by atoms with Crippen LogP contribution in [0.3, 0.4) is 0 Å². The number of nitrogens with zero attached hydrogens (tertiary/aromatic N) is 7. The molecule has 0 atom stereocenters. The van der Waals surface area contributed by atoms with E-state index in [0.717, 1.165) is 25.3 Å². The first kappa shape index (κ1) is 27.7. The molecule has 0 radical (unpaired) electrons. The maximum absolute atomic E-state index is 12.4. The van der Waals surface area contributed by atoms with Gasteiger partial charge < -0.3 is 25.2 Å². The molecule has 2 amide bonds. The van der Waals surface area contributed by atoms with Gasteiger partial charge in [-0.05, 0) is 44.5 Å². The van der Waals surface area contributed by atoms with Gasteiger partial charge in [0, 0.05) is 75.7 Å². The average molecular weight is 572 g/mol. The monoisotopic (exact) mass is 571 g/mol. The number of carbonyl (C=O) groups is 2. The second-order valence-electron chi connectivity index (χ2n) is 11.0. The molecular weight excluding hydrogens is 534 g/mol. The third-order valence-corrected chi connectivity index (χ3v) is 8.08. The Morgan fingerprint density at radius 1 is 1.12 bits per heavy atom. The summed E-state index contributed by atoms with van der Waals surface area (Å²) < 4.78 is 7.60. The number of nitrogens with one attached hydrogen (secondary N) is 2. The van der Waals surface area contributed by atoms with Gasteiger partial charge in [-0.25, -0.2) is 9.67 Å². The Bertz CT molecular complexity index is 1490. The van der Waals surface area contributed by atoms with Crippen molar-refractivity contribution in [1.82, 2.24) is 29.5 Å². The van der Waals surface area contributed by atoms with Crippen LogP contribution in [0, 0.1) is 0 Å². The van der Waals surface area contributed by atoms with Crippen LogP contribution in [0.15, 0.2) is 43.2 Å². The predicted molar refractivity (Wildman–Crippen MR) is 161 cm³/mol. The van der Waals surface area contributed by atoms with Crippen LogP contribution in [0.25, 0.3) is 5.82 Å². The summed E-state index contributed by atoms with van der Waals surface area (Å²) in [4.78, 5) is 39.8. The molecular formula is C30H37N9O3. The van der Waals surface area contributed by atoms with Crippen molar-refractivity contribution in [1.29, 1.82) is 0 Å². The molecule has 2 aromatic heterocycles. The Kier molecular flexibility index (Phi) is 7.79. The normalized spacial score (nSPS) is 17.0. The number of benzene rings is 1. The minimum Gasteiger partial charge on any atom is -0.494 e. The second kappa shape index (κ2) is 11.8. The number of ether oxygens (including phenoxy) is 1. The molecule has 0 unspecified atom stereocenters. The number of carbonyl (C=O) groups excluding carboxylic acids is 2. The fraction of sp³-hybridized carbons (Fsp3) is 0.433. The zero-order valence-electron chi connectivity index (χ0n) is 24.2. The average Bonchev–Trinajstić information content (AvgIpc) is 3.74. The SMILES string of the molecule is C=CC(=O)Nc1cc(Nc2nccc(-n3cc(CN4CCC4)c(C4CC4)n3)n2)c(OC)cc1N1CCN(C(C)=O)CC1. The lowest BCUT2D eigenvalue weighted by Gasteiger charge is -2.36. The van der Waals surface area contributed by atoms with Crippen LogP contribution in [-0.2, 0) is 16.1 Å². The van der Waals surface area contributed by atoms with Crippen LogP contribution in [0.1, 0.15) is 43.4 Å². The standard InChI is InChI=1S/C30H37N9O3/c1-4-28(41)32-23-16-24(26(42-3)17-25(23)38-14-12-37(13-15-38)20(2)40)33-30-31-9-8-27(34-30)39-19-22(18-36-10-5-11-36)29(35-39)21-6-7-21/h4,8-9,16-17,19,21H,1,5-7,10-15,18H2,2-3H3,(H,32,41)(H,31,33,34). The number of likely N-dealkylation sites (tertiary alicyclic amines) is 1. The van der Waals surface area contributed by atoms with Crippen molar-refractivity contribution < 1.29 is 14.3 Å². The number of hydrogen-bond acceptors (Lipinski definition) is 9. The lowest BCUT2D eigenvalue weighted by atomic mass is 10.1. The molecule has 2 aliphatic heterocycles. The van der Waals surface area contributed by atoms with Crippen molar-refractivity contribution in [2.24, 2.45) is 0 Å². The Morgan fingerprint density at radius 3 is 2.55 bits per heavy atom. The number of methoxy groups -OCH3 is 1. The van der Waals surface area contributed by atoms with Crippen LogP contribution in [0.2, 0.25) is 0 Å². The molecule has 220 valence electrons. The van der Waals surface area contributed by atoms with E-state index in [-0.39, 0.29) is 11.8 Å². The highest BCUT2D eigenvalue weighted by Crippen LogP contribution is 2.42. The summed E-state index contributed by atoms with van der Waals surface area (Å²) in [5, 5.41) is 11.1. The molecule has 1 aromatic carbocycles. The van der Waals surface area contributed by atoms with Gasteiger partial charge in [-0.15, -0.1) is 0 Å². The van der Waals surface area contributed by atoms with Crippen LogP contribution in [-0.4, -0.2) is 87.7 Å². The summed E-state index contributed by atoms with van der Waals surface area (Å²) in [5.41, 5.74) is 4.43. The third kappa shape index (κ3) is 5.94. The van der Waals surface area contributed by atoms with Crippen LogP contribution < -0.4 is 20.3 Å². The first-order chi connectivity index (χ1) is 20.4. The van der Waals surface area contributed by atoms with Gasteiger partial charge in [0.1, 0.15) is 5.75 Å². The Morgan fingerprint density at radius 2 is 1.90 bits per heavy atom. The smallest absolute Gasteiger partial charge is 0.247 e. The second-order valence-corrected chi connectivity index (χ2v) is 11.0. The number of piperazine rings is 1. The molecule has 0 bridgehead atoms. The summed E-state index contributed by atoms with van der Waals surface area (Å²) in [6, 6.07) is 5.54. The van der Waals surface area contributed by atoms with Gasteiger partial charge >= 0.3 is 0 Å². The summed E-state index contributed by atoms with van der Waals surface area (Å²) in [6.07, 6.45) is 8.67. The molecule has 3 aromatic rings. The van der Waals surface area contributed by atoms with Crippen molar-refractivity contribution >= 4 is 34.8 Å². The lowest BCUT2D eigenvalue weighted by Crippen LogP contribution is -2.48. The van der Waals surface area contributed by atoms with E-state index in [9.17, 15) is 9.59 Å². The van der Waals surface area contributed by atoms with E-state index in [1.165, 1.54) is 36.6 Å². The minimum atomic E-state index is -0.327. The van der Waals surface area contributed by atoms with Crippen LogP contribution in [0.5, 0.6) is 5.75 Å².